The van der Waals surface area contributed by atoms with Crippen LogP contribution in [-0.4, -0.2) is 32.3 Å². The highest BCUT2D eigenvalue weighted by Crippen LogP contribution is 2.29. The molecule has 0 saturated heterocycles. The molecule has 162 valence electrons. The van der Waals surface area contributed by atoms with Gasteiger partial charge in [-0.15, -0.1) is 0 Å². The molecule has 5 nitrogen and oxygen atoms in total. The first kappa shape index (κ1) is 22.7. The van der Waals surface area contributed by atoms with Crippen LogP contribution in [0, 0.1) is 11.8 Å². The lowest BCUT2D eigenvalue weighted by atomic mass is 10.1. The van der Waals surface area contributed by atoms with Gasteiger partial charge in [-0.25, -0.2) is 4.98 Å². The predicted octanol–water partition coefficient (Wildman–Crippen LogP) is 4.18. The van der Waals surface area contributed by atoms with Crippen LogP contribution in [0.1, 0.15) is 35.4 Å². The number of aromatic nitrogens is 2. The molecule has 0 aliphatic carbocycles. The fraction of sp³-hybridized carbons (Fsp3) is 0.273. The van der Waals surface area contributed by atoms with Crippen LogP contribution in [-0.2, 0) is 16.7 Å². The molecule has 0 amide bonds. The molecule has 0 radical (unpaired) electrons. The van der Waals surface area contributed by atoms with Crippen LogP contribution in [0.25, 0.3) is 5.65 Å². The van der Waals surface area contributed by atoms with Crippen LogP contribution < -0.4 is 5.73 Å². The van der Waals surface area contributed by atoms with Gasteiger partial charge in [0, 0.05) is 17.5 Å². The molecular weight excluding hydrogens is 427 g/mol. The first-order chi connectivity index (χ1) is 14.8. The number of hydrogen-bond donors (Lipinski definition) is 2. The third kappa shape index (κ3) is 6.03. The Morgan fingerprint density at radius 3 is 2.77 bits per heavy atom. The van der Waals surface area contributed by atoms with Gasteiger partial charge in [-0.05, 0) is 54.8 Å². The Hall–Kier alpha value is -2.96. The number of nitrogens with zero attached hydrogens (tertiary/aromatic N) is 2. The Balaban J connectivity index is 1.78. The number of halogens is 3. The van der Waals surface area contributed by atoms with E-state index in [2.05, 4.69) is 16.8 Å². The number of imidazole rings is 1. The van der Waals surface area contributed by atoms with Gasteiger partial charge in [0.15, 0.2) is 0 Å². The molecular formula is C22H20F3N3O2S. The number of nitrogens with two attached hydrogens (primary N) is 1. The third-order valence-corrected chi connectivity index (χ3v) is 5.53. The Morgan fingerprint density at radius 2 is 2.03 bits per heavy atom. The molecule has 3 rings (SSSR count). The van der Waals surface area contributed by atoms with Gasteiger partial charge in [0.05, 0.1) is 11.3 Å². The normalized spacial score (nSPS) is 12.4. The Kier molecular flexibility index (Phi) is 7.25. The highest BCUT2D eigenvalue weighted by molar-refractivity contribution is 7.98. The van der Waals surface area contributed by atoms with Crippen molar-refractivity contribution in [2.45, 2.75) is 30.8 Å². The molecule has 2 aromatic heterocycles. The summed E-state index contributed by atoms with van der Waals surface area (Å²) in [7, 11) is 0. The Labute approximate surface area is 181 Å². The Morgan fingerprint density at radius 1 is 1.23 bits per heavy atom. The van der Waals surface area contributed by atoms with E-state index in [0.29, 0.717) is 35.7 Å². The van der Waals surface area contributed by atoms with Crippen LogP contribution in [0.15, 0.2) is 48.7 Å². The number of thioether (sulfide) groups is 1. The zero-order valence-corrected chi connectivity index (χ0v) is 17.2. The van der Waals surface area contributed by atoms with Gasteiger partial charge in [0.25, 0.3) is 0 Å². The molecule has 3 aromatic rings. The number of pyridine rings is 1. The van der Waals surface area contributed by atoms with Gasteiger partial charge < -0.3 is 10.8 Å². The number of alkyl halides is 3. The highest BCUT2D eigenvalue weighted by atomic mass is 32.2. The molecule has 1 aromatic carbocycles. The second-order valence-corrected chi connectivity index (χ2v) is 7.91. The molecule has 0 bridgehead atoms. The summed E-state index contributed by atoms with van der Waals surface area (Å²) >= 11 is 1.58. The predicted molar refractivity (Wildman–Crippen MR) is 114 cm³/mol. The lowest BCUT2D eigenvalue weighted by Crippen LogP contribution is -2.29. The molecule has 0 unspecified atom stereocenters. The zero-order valence-electron chi connectivity index (χ0n) is 16.4. The monoisotopic (exact) mass is 447 g/mol. The maximum Gasteiger partial charge on any atom is 0.416 e. The summed E-state index contributed by atoms with van der Waals surface area (Å²) in [5, 5.41) is 8.83. The summed E-state index contributed by atoms with van der Waals surface area (Å²) in [4.78, 5) is 15.4. The van der Waals surface area contributed by atoms with Crippen molar-refractivity contribution in [2.24, 2.45) is 5.73 Å². The average molecular weight is 447 g/mol. The van der Waals surface area contributed by atoms with Crippen molar-refractivity contribution in [3.63, 3.8) is 0 Å². The first-order valence-electron chi connectivity index (χ1n) is 9.47. The summed E-state index contributed by atoms with van der Waals surface area (Å²) in [6.45, 7) is 0. The standard InChI is InChI=1S/C22H20F3N3O2S/c23-22(24,25)16-6-3-5-15(13-16)9-10-19-18(27-20-8-1-2-11-28(19)20)14-31-12-4-7-17(26)21(29)30/h1-3,5-6,8,11,13,17H,4,7,12,14,26H2,(H,29,30)/t17-/m1/s1. The summed E-state index contributed by atoms with van der Waals surface area (Å²) in [5.74, 6) is 6.02. The van der Waals surface area contributed by atoms with Gasteiger partial charge in [-0.1, -0.05) is 18.1 Å². The SMILES string of the molecule is N[C@H](CCCSCc1nc2ccccn2c1C#Cc1cccc(C(F)(F)F)c1)C(=O)O. The number of rotatable bonds is 7. The van der Waals surface area contributed by atoms with Gasteiger partial charge in [-0.3, -0.25) is 9.20 Å². The number of carbonyl (C=O) groups is 1. The van der Waals surface area contributed by atoms with Gasteiger partial charge in [0.1, 0.15) is 17.4 Å². The van der Waals surface area contributed by atoms with E-state index in [-0.39, 0.29) is 5.56 Å². The van der Waals surface area contributed by atoms with Crippen molar-refractivity contribution in [1.29, 1.82) is 0 Å². The second-order valence-electron chi connectivity index (χ2n) is 6.80. The number of benzene rings is 1. The van der Waals surface area contributed by atoms with Crippen molar-refractivity contribution >= 4 is 23.4 Å². The van der Waals surface area contributed by atoms with Crippen LogP contribution in [0.4, 0.5) is 13.2 Å². The van der Waals surface area contributed by atoms with Crippen LogP contribution in [0.2, 0.25) is 0 Å². The quantitative estimate of drug-likeness (QED) is 0.420. The van der Waals surface area contributed by atoms with Crippen molar-refractivity contribution in [3.8, 4) is 11.8 Å². The fourth-order valence-corrected chi connectivity index (χ4v) is 3.79. The summed E-state index contributed by atoms with van der Waals surface area (Å²) in [6, 6.07) is 9.53. The topological polar surface area (TPSA) is 80.6 Å². The van der Waals surface area contributed by atoms with Crippen molar-refractivity contribution in [2.75, 3.05) is 5.75 Å². The minimum absolute atomic E-state index is 0.266. The van der Waals surface area contributed by atoms with E-state index in [1.165, 1.54) is 12.1 Å². The summed E-state index contributed by atoms with van der Waals surface area (Å²) in [6.07, 6.45) is -1.59. The minimum atomic E-state index is -4.42. The molecule has 0 aliphatic rings. The van der Waals surface area contributed by atoms with E-state index in [1.54, 1.807) is 22.4 Å². The number of carboxylic acids is 1. The van der Waals surface area contributed by atoms with Gasteiger partial charge >= 0.3 is 12.1 Å². The molecule has 0 spiro atoms. The van der Waals surface area contributed by atoms with Crippen molar-refractivity contribution in [3.05, 3.63) is 71.2 Å². The van der Waals surface area contributed by atoms with E-state index < -0.39 is 23.8 Å². The average Bonchev–Trinajstić information content (AvgIpc) is 3.08. The van der Waals surface area contributed by atoms with E-state index in [9.17, 15) is 18.0 Å². The summed E-state index contributed by atoms with van der Waals surface area (Å²) in [5.41, 5.74) is 7.06. The number of aliphatic carboxylic acids is 1. The second kappa shape index (κ2) is 9.90. The first-order valence-corrected chi connectivity index (χ1v) is 10.6. The Bertz CT molecular complexity index is 1130. The van der Waals surface area contributed by atoms with Gasteiger partial charge in [0.2, 0.25) is 0 Å². The molecule has 31 heavy (non-hydrogen) atoms. The lowest BCUT2D eigenvalue weighted by molar-refractivity contribution is -0.139. The van der Waals surface area contributed by atoms with E-state index in [0.717, 1.165) is 17.8 Å². The highest BCUT2D eigenvalue weighted by Gasteiger charge is 2.30. The van der Waals surface area contributed by atoms with Crippen molar-refractivity contribution in [1.82, 2.24) is 9.38 Å². The number of fused-ring (bicyclic) bond motifs is 1. The van der Waals surface area contributed by atoms with Crippen LogP contribution in [0.3, 0.4) is 0 Å². The fourth-order valence-electron chi connectivity index (χ4n) is 2.88. The smallest absolute Gasteiger partial charge is 0.416 e. The zero-order chi connectivity index (χ0) is 22.4. The molecule has 0 saturated carbocycles. The molecule has 0 aliphatic heterocycles. The van der Waals surface area contributed by atoms with Crippen LogP contribution in [0.5, 0.6) is 0 Å². The molecule has 1 atom stereocenters. The number of carboxylic acid groups (broad SMARTS) is 1. The van der Waals surface area contributed by atoms with E-state index >= 15 is 0 Å². The minimum Gasteiger partial charge on any atom is -0.480 e. The lowest BCUT2D eigenvalue weighted by Gasteiger charge is -2.06. The molecule has 9 heteroatoms. The number of hydrogen-bond acceptors (Lipinski definition) is 4. The van der Waals surface area contributed by atoms with E-state index in [1.807, 2.05) is 18.2 Å². The maximum atomic E-state index is 12.9. The maximum absolute atomic E-state index is 12.9. The van der Waals surface area contributed by atoms with Crippen LogP contribution >= 0.6 is 11.8 Å². The third-order valence-electron chi connectivity index (χ3n) is 4.48. The summed E-state index contributed by atoms with van der Waals surface area (Å²) < 4.78 is 40.6. The van der Waals surface area contributed by atoms with Gasteiger partial charge in [-0.2, -0.15) is 24.9 Å². The molecule has 3 N–H and O–H groups in total. The van der Waals surface area contributed by atoms with E-state index in [4.69, 9.17) is 10.8 Å². The largest absolute Gasteiger partial charge is 0.480 e. The molecule has 2 heterocycles. The van der Waals surface area contributed by atoms with Crippen molar-refractivity contribution < 1.29 is 23.1 Å². The molecule has 0 fully saturated rings.